The number of rotatable bonds is 4. The van der Waals surface area contributed by atoms with Crippen LogP contribution in [0, 0.1) is 0 Å². The zero-order valence-corrected chi connectivity index (χ0v) is 12.1. The highest BCUT2D eigenvalue weighted by atomic mass is 32.2. The Morgan fingerprint density at radius 3 is 2.74 bits per heavy atom. The molecule has 19 heavy (non-hydrogen) atoms. The van der Waals surface area contributed by atoms with E-state index in [4.69, 9.17) is 0 Å². The summed E-state index contributed by atoms with van der Waals surface area (Å²) in [6.45, 7) is 5.41. The summed E-state index contributed by atoms with van der Waals surface area (Å²) in [7, 11) is -3.05. The van der Waals surface area contributed by atoms with Crippen LogP contribution in [0.1, 0.15) is 19.0 Å². The summed E-state index contributed by atoms with van der Waals surface area (Å²) in [6.07, 6.45) is 2.67. The molecule has 1 aliphatic rings. The molecule has 106 valence electrons. The number of sulfonamides is 1. The molecule has 1 aromatic heterocycles. The highest BCUT2D eigenvalue weighted by Crippen LogP contribution is 2.10. The number of hydrogen-bond donors (Lipinski definition) is 0. The molecule has 0 N–H and O–H groups in total. The highest BCUT2D eigenvalue weighted by Gasteiger charge is 2.23. The van der Waals surface area contributed by atoms with Gasteiger partial charge in [-0.05, 0) is 32.0 Å². The summed E-state index contributed by atoms with van der Waals surface area (Å²) < 4.78 is 25.4. The van der Waals surface area contributed by atoms with E-state index in [2.05, 4.69) is 9.88 Å². The minimum atomic E-state index is -3.05. The molecule has 5 nitrogen and oxygen atoms in total. The molecule has 0 radical (unpaired) electrons. The second-order valence-electron chi connectivity index (χ2n) is 4.75. The van der Waals surface area contributed by atoms with Crippen LogP contribution >= 0.6 is 0 Å². The van der Waals surface area contributed by atoms with Crippen molar-refractivity contribution in [3.05, 3.63) is 30.1 Å². The van der Waals surface area contributed by atoms with Gasteiger partial charge in [-0.15, -0.1) is 0 Å². The Bertz CT molecular complexity index is 490. The molecule has 1 aromatic rings. The Labute approximate surface area is 115 Å². The van der Waals surface area contributed by atoms with Gasteiger partial charge in [0.15, 0.2) is 0 Å². The van der Waals surface area contributed by atoms with Crippen molar-refractivity contribution >= 4 is 10.0 Å². The standard InChI is InChI=1S/C13H21N3O2S/c1-2-19(17,18)16-9-5-8-15(10-11-16)12-13-6-3-4-7-14-13/h3-4,6-7H,2,5,8-12H2,1H3. The normalized spacial score (nSPS) is 19.2. The average Bonchev–Trinajstić information content (AvgIpc) is 2.66. The van der Waals surface area contributed by atoms with Gasteiger partial charge in [-0.1, -0.05) is 6.07 Å². The van der Waals surface area contributed by atoms with E-state index in [0.717, 1.165) is 31.7 Å². The van der Waals surface area contributed by atoms with E-state index in [1.807, 2.05) is 18.2 Å². The van der Waals surface area contributed by atoms with Crippen LogP contribution in [0.15, 0.2) is 24.4 Å². The summed E-state index contributed by atoms with van der Waals surface area (Å²) in [5.74, 6) is 0.188. The molecule has 1 aliphatic heterocycles. The van der Waals surface area contributed by atoms with Gasteiger partial charge in [0.2, 0.25) is 10.0 Å². The van der Waals surface area contributed by atoms with Crippen LogP contribution in [-0.4, -0.2) is 54.5 Å². The van der Waals surface area contributed by atoms with E-state index >= 15 is 0 Å². The molecule has 0 bridgehead atoms. The number of nitrogens with zero attached hydrogens (tertiary/aromatic N) is 3. The fraction of sp³-hybridized carbons (Fsp3) is 0.615. The van der Waals surface area contributed by atoms with Crippen LogP contribution in [0.3, 0.4) is 0 Å². The zero-order chi connectivity index (χ0) is 13.7. The maximum absolute atomic E-state index is 11.9. The third-order valence-electron chi connectivity index (χ3n) is 3.42. The van der Waals surface area contributed by atoms with Crippen molar-refractivity contribution < 1.29 is 8.42 Å². The van der Waals surface area contributed by atoms with Crippen LogP contribution in [0.5, 0.6) is 0 Å². The van der Waals surface area contributed by atoms with Gasteiger partial charge in [0, 0.05) is 32.4 Å². The van der Waals surface area contributed by atoms with Gasteiger partial charge in [-0.2, -0.15) is 0 Å². The van der Waals surface area contributed by atoms with Crippen LogP contribution < -0.4 is 0 Å². The van der Waals surface area contributed by atoms with Crippen molar-refractivity contribution in [2.24, 2.45) is 0 Å². The van der Waals surface area contributed by atoms with Crippen LogP contribution in [0.25, 0.3) is 0 Å². The van der Waals surface area contributed by atoms with Crippen molar-refractivity contribution in [1.29, 1.82) is 0 Å². The summed E-state index contributed by atoms with van der Waals surface area (Å²) in [4.78, 5) is 6.59. The van der Waals surface area contributed by atoms with Gasteiger partial charge in [0.1, 0.15) is 0 Å². The lowest BCUT2D eigenvalue weighted by Gasteiger charge is -2.20. The molecule has 0 spiro atoms. The second kappa shape index (κ2) is 6.45. The van der Waals surface area contributed by atoms with E-state index < -0.39 is 10.0 Å². The van der Waals surface area contributed by atoms with E-state index in [1.165, 1.54) is 0 Å². The summed E-state index contributed by atoms with van der Waals surface area (Å²) in [6, 6.07) is 5.89. The van der Waals surface area contributed by atoms with Crippen LogP contribution in [-0.2, 0) is 16.6 Å². The van der Waals surface area contributed by atoms with Gasteiger partial charge in [0.05, 0.1) is 11.4 Å². The molecule has 1 saturated heterocycles. The van der Waals surface area contributed by atoms with Gasteiger partial charge in [-0.25, -0.2) is 12.7 Å². The number of pyridine rings is 1. The molecule has 0 aromatic carbocycles. The third kappa shape index (κ3) is 3.99. The molecule has 0 aliphatic carbocycles. The van der Waals surface area contributed by atoms with Crippen molar-refractivity contribution in [3.63, 3.8) is 0 Å². The minimum Gasteiger partial charge on any atom is -0.296 e. The number of aromatic nitrogens is 1. The Hall–Kier alpha value is -0.980. The lowest BCUT2D eigenvalue weighted by atomic mass is 10.3. The lowest BCUT2D eigenvalue weighted by Crippen LogP contribution is -2.36. The zero-order valence-electron chi connectivity index (χ0n) is 11.3. The maximum atomic E-state index is 11.9. The maximum Gasteiger partial charge on any atom is 0.213 e. The Kier molecular flexibility index (Phi) is 4.90. The summed E-state index contributed by atoms with van der Waals surface area (Å²) >= 11 is 0. The fourth-order valence-corrected chi connectivity index (χ4v) is 3.42. The van der Waals surface area contributed by atoms with Gasteiger partial charge in [-0.3, -0.25) is 9.88 Å². The van der Waals surface area contributed by atoms with Crippen molar-refractivity contribution in [3.8, 4) is 0 Å². The first-order chi connectivity index (χ1) is 9.12. The molecule has 0 amide bonds. The topological polar surface area (TPSA) is 53.5 Å². The van der Waals surface area contributed by atoms with Gasteiger partial charge >= 0.3 is 0 Å². The van der Waals surface area contributed by atoms with Crippen LogP contribution in [0.2, 0.25) is 0 Å². The van der Waals surface area contributed by atoms with Crippen molar-refractivity contribution in [2.45, 2.75) is 19.9 Å². The summed E-state index contributed by atoms with van der Waals surface area (Å²) in [5, 5.41) is 0. The quantitative estimate of drug-likeness (QED) is 0.825. The molecule has 6 heteroatoms. The largest absolute Gasteiger partial charge is 0.296 e. The van der Waals surface area contributed by atoms with E-state index in [0.29, 0.717) is 13.1 Å². The fourth-order valence-electron chi connectivity index (χ4n) is 2.29. The number of hydrogen-bond acceptors (Lipinski definition) is 4. The Morgan fingerprint density at radius 2 is 2.05 bits per heavy atom. The monoisotopic (exact) mass is 283 g/mol. The third-order valence-corrected chi connectivity index (χ3v) is 5.30. The predicted molar refractivity (Wildman–Crippen MR) is 75.2 cm³/mol. The molecular weight excluding hydrogens is 262 g/mol. The first-order valence-corrected chi connectivity index (χ1v) is 8.33. The molecule has 0 atom stereocenters. The minimum absolute atomic E-state index is 0.188. The molecule has 0 unspecified atom stereocenters. The average molecular weight is 283 g/mol. The summed E-state index contributed by atoms with van der Waals surface area (Å²) in [5.41, 5.74) is 1.04. The molecule has 2 rings (SSSR count). The van der Waals surface area contributed by atoms with Gasteiger partial charge in [0.25, 0.3) is 0 Å². The van der Waals surface area contributed by atoms with Crippen molar-refractivity contribution in [1.82, 2.24) is 14.2 Å². The predicted octanol–water partition coefficient (Wildman–Crippen LogP) is 0.939. The molecule has 0 saturated carbocycles. The highest BCUT2D eigenvalue weighted by molar-refractivity contribution is 7.89. The van der Waals surface area contributed by atoms with Crippen molar-refractivity contribution in [2.75, 3.05) is 31.9 Å². The van der Waals surface area contributed by atoms with Gasteiger partial charge < -0.3 is 0 Å². The molecular formula is C13H21N3O2S. The second-order valence-corrected chi connectivity index (χ2v) is 7.01. The Balaban J connectivity index is 1.94. The Morgan fingerprint density at radius 1 is 1.21 bits per heavy atom. The lowest BCUT2D eigenvalue weighted by molar-refractivity contribution is 0.275. The first-order valence-electron chi connectivity index (χ1n) is 6.72. The molecule has 2 heterocycles. The van der Waals surface area contributed by atoms with E-state index in [1.54, 1.807) is 17.4 Å². The first kappa shape index (κ1) is 14.4. The molecule has 1 fully saturated rings. The van der Waals surface area contributed by atoms with E-state index in [9.17, 15) is 8.42 Å². The smallest absolute Gasteiger partial charge is 0.213 e. The van der Waals surface area contributed by atoms with E-state index in [-0.39, 0.29) is 5.75 Å². The SMILES string of the molecule is CCS(=O)(=O)N1CCCN(Cc2ccccn2)CC1. The van der Waals surface area contributed by atoms with Crippen LogP contribution in [0.4, 0.5) is 0 Å².